The summed E-state index contributed by atoms with van der Waals surface area (Å²) in [5, 5.41) is 0. The first-order valence-corrected chi connectivity index (χ1v) is 13.9. The van der Waals surface area contributed by atoms with Gasteiger partial charge in [-0.05, 0) is 127 Å². The summed E-state index contributed by atoms with van der Waals surface area (Å²) in [7, 11) is 0. The van der Waals surface area contributed by atoms with E-state index in [1.165, 1.54) is 64.2 Å². The van der Waals surface area contributed by atoms with Gasteiger partial charge in [-0.1, -0.05) is 61.8 Å². The molecule has 0 radical (unpaired) electrons. The van der Waals surface area contributed by atoms with E-state index in [1.807, 2.05) is 0 Å². The molecule has 5 rings (SSSR count). The van der Waals surface area contributed by atoms with Crippen molar-refractivity contribution in [2.24, 2.45) is 62.6 Å². The minimum atomic E-state index is 0.561. The molecular weight excluding hydrogens is 360 g/mol. The van der Waals surface area contributed by atoms with Crippen molar-refractivity contribution in [1.29, 1.82) is 0 Å². The predicted molar refractivity (Wildman–Crippen MR) is 129 cm³/mol. The monoisotopic (exact) mass is 412 g/mol. The van der Waals surface area contributed by atoms with Gasteiger partial charge in [0.1, 0.15) is 0 Å². The van der Waals surface area contributed by atoms with Gasteiger partial charge in [-0.15, -0.1) is 0 Å². The Morgan fingerprint density at radius 3 is 2.07 bits per heavy atom. The highest BCUT2D eigenvalue weighted by Crippen LogP contribution is 2.77. The quantitative estimate of drug-likeness (QED) is 0.402. The lowest BCUT2D eigenvalue weighted by molar-refractivity contribution is -0.236. The summed E-state index contributed by atoms with van der Waals surface area (Å²) in [6, 6.07) is 0. The highest BCUT2D eigenvalue weighted by Gasteiger charge is 2.69. The van der Waals surface area contributed by atoms with Crippen LogP contribution in [0.25, 0.3) is 0 Å². The van der Waals surface area contributed by atoms with Crippen LogP contribution < -0.4 is 0 Å². The molecule has 5 fully saturated rings. The van der Waals surface area contributed by atoms with E-state index in [0.29, 0.717) is 27.1 Å². The Bertz CT molecular complexity index is 688. The van der Waals surface area contributed by atoms with E-state index in [1.54, 1.807) is 6.42 Å². The topological polar surface area (TPSA) is 0 Å². The van der Waals surface area contributed by atoms with Crippen molar-refractivity contribution in [2.75, 3.05) is 0 Å². The van der Waals surface area contributed by atoms with Crippen LogP contribution in [0.4, 0.5) is 0 Å². The van der Waals surface area contributed by atoms with Gasteiger partial charge < -0.3 is 0 Å². The van der Waals surface area contributed by atoms with Crippen LogP contribution in [-0.4, -0.2) is 0 Å². The fourth-order valence-electron chi connectivity index (χ4n) is 11.8. The molecule has 0 aromatic heterocycles. The Kier molecular flexibility index (Phi) is 4.75. The summed E-state index contributed by atoms with van der Waals surface area (Å²) in [6.45, 7) is 21.4. The van der Waals surface area contributed by atoms with Gasteiger partial charge in [-0.25, -0.2) is 0 Å². The van der Waals surface area contributed by atoms with Crippen LogP contribution in [0.2, 0.25) is 0 Å². The molecule has 0 amide bonds. The van der Waals surface area contributed by atoms with Crippen LogP contribution in [0.1, 0.15) is 126 Å². The van der Waals surface area contributed by atoms with Crippen molar-refractivity contribution in [3.8, 4) is 0 Å². The molecule has 30 heavy (non-hydrogen) atoms. The number of rotatable bonds is 1. The third kappa shape index (κ3) is 2.58. The maximum atomic E-state index is 2.82. The number of fused-ring (bicyclic) bond motifs is 7. The molecule has 172 valence electrons. The van der Waals surface area contributed by atoms with E-state index in [0.717, 1.165) is 35.5 Å². The normalized spacial score (nSPS) is 57.3. The molecule has 0 N–H and O–H groups in total. The van der Waals surface area contributed by atoms with Crippen LogP contribution in [-0.2, 0) is 0 Å². The summed E-state index contributed by atoms with van der Waals surface area (Å²) in [6.07, 6.45) is 16.6. The molecular formula is C30H52. The summed E-state index contributed by atoms with van der Waals surface area (Å²) in [4.78, 5) is 0. The van der Waals surface area contributed by atoms with Crippen molar-refractivity contribution in [2.45, 2.75) is 126 Å². The minimum Gasteiger partial charge on any atom is -0.0625 e. The first kappa shape index (κ1) is 21.8. The van der Waals surface area contributed by atoms with Gasteiger partial charge in [0.15, 0.2) is 0 Å². The minimum absolute atomic E-state index is 0.561. The highest BCUT2D eigenvalue weighted by atomic mass is 14.7. The standard InChI is InChI=1S/C30H52/c1-20(2)21-12-16-27(5)18-19-29(7)22(25(21)27)10-11-24-28(6)15-9-14-26(3,4)23(28)13-17-30(24,29)8/h20-25H,9-19H2,1-8H3/t21-,22?,23-,24+,25+,27+,28-,29+,30+/m0/s1. The molecule has 0 bridgehead atoms. The molecule has 9 atom stereocenters. The zero-order chi connectivity index (χ0) is 21.7. The Balaban J connectivity index is 1.54. The molecule has 5 aliphatic carbocycles. The Morgan fingerprint density at radius 2 is 1.37 bits per heavy atom. The molecule has 0 nitrogen and oxygen atoms in total. The second-order valence-electron chi connectivity index (χ2n) is 15.1. The second kappa shape index (κ2) is 6.53. The molecule has 5 saturated carbocycles. The summed E-state index contributed by atoms with van der Waals surface area (Å²) >= 11 is 0. The molecule has 0 heterocycles. The predicted octanol–water partition coefficient (Wildman–Crippen LogP) is 9.13. The molecule has 1 unspecified atom stereocenters. The third-order valence-corrected chi connectivity index (χ3v) is 13.5. The Labute approximate surface area is 188 Å². The SMILES string of the molecule is CC(C)[C@@H]1CC[C@]2(C)CC[C@]3(C)C(CC[C@@H]4[C@@]5(C)CCCC(C)(C)[C@@H]5CC[C@]43C)[C@@H]12. The maximum absolute atomic E-state index is 2.82. The average molecular weight is 413 g/mol. The van der Waals surface area contributed by atoms with E-state index in [-0.39, 0.29) is 0 Å². The maximum Gasteiger partial charge on any atom is -0.0235 e. The largest absolute Gasteiger partial charge is 0.0625 e. The van der Waals surface area contributed by atoms with E-state index in [2.05, 4.69) is 55.4 Å². The average Bonchev–Trinajstić information content (AvgIpc) is 2.99. The molecule has 0 aromatic rings. The first-order chi connectivity index (χ1) is 13.9. The van der Waals surface area contributed by atoms with Crippen molar-refractivity contribution in [3.05, 3.63) is 0 Å². The van der Waals surface area contributed by atoms with Crippen LogP contribution >= 0.6 is 0 Å². The summed E-state index contributed by atoms with van der Waals surface area (Å²) < 4.78 is 0. The number of hydrogen-bond donors (Lipinski definition) is 0. The molecule has 0 aromatic carbocycles. The van der Waals surface area contributed by atoms with Gasteiger partial charge in [0, 0.05) is 0 Å². The fourth-order valence-corrected chi connectivity index (χ4v) is 11.8. The zero-order valence-corrected chi connectivity index (χ0v) is 21.7. The molecule has 0 heteroatoms. The second-order valence-corrected chi connectivity index (χ2v) is 15.1. The van der Waals surface area contributed by atoms with E-state index >= 15 is 0 Å². The van der Waals surface area contributed by atoms with Crippen molar-refractivity contribution in [1.82, 2.24) is 0 Å². The molecule has 5 aliphatic rings. The fraction of sp³-hybridized carbons (Fsp3) is 1.00. The third-order valence-electron chi connectivity index (χ3n) is 13.5. The summed E-state index contributed by atoms with van der Waals surface area (Å²) in [5.74, 6) is 5.78. The lowest BCUT2D eigenvalue weighted by Crippen LogP contribution is -2.65. The van der Waals surface area contributed by atoms with Gasteiger partial charge in [-0.3, -0.25) is 0 Å². The number of hydrogen-bond acceptors (Lipinski definition) is 0. The van der Waals surface area contributed by atoms with Gasteiger partial charge in [0.25, 0.3) is 0 Å². The lowest BCUT2D eigenvalue weighted by Gasteiger charge is -2.72. The zero-order valence-electron chi connectivity index (χ0n) is 21.7. The van der Waals surface area contributed by atoms with Crippen molar-refractivity contribution in [3.63, 3.8) is 0 Å². The molecule has 0 aliphatic heterocycles. The van der Waals surface area contributed by atoms with Crippen LogP contribution in [0.5, 0.6) is 0 Å². The molecule has 0 saturated heterocycles. The lowest BCUT2D eigenvalue weighted by atomic mass is 9.32. The van der Waals surface area contributed by atoms with Crippen LogP contribution in [0.15, 0.2) is 0 Å². The van der Waals surface area contributed by atoms with Gasteiger partial charge in [0.2, 0.25) is 0 Å². The molecule has 0 spiro atoms. The van der Waals surface area contributed by atoms with E-state index in [4.69, 9.17) is 0 Å². The van der Waals surface area contributed by atoms with Gasteiger partial charge in [0.05, 0.1) is 0 Å². The van der Waals surface area contributed by atoms with Crippen molar-refractivity contribution >= 4 is 0 Å². The van der Waals surface area contributed by atoms with Crippen LogP contribution in [0, 0.1) is 62.6 Å². The van der Waals surface area contributed by atoms with Crippen LogP contribution in [0.3, 0.4) is 0 Å². The first-order valence-electron chi connectivity index (χ1n) is 13.9. The Hall–Kier alpha value is 0. The smallest absolute Gasteiger partial charge is 0.0235 e. The Morgan fingerprint density at radius 1 is 0.633 bits per heavy atom. The highest BCUT2D eigenvalue weighted by molar-refractivity contribution is 5.18. The van der Waals surface area contributed by atoms with E-state index < -0.39 is 0 Å². The van der Waals surface area contributed by atoms with E-state index in [9.17, 15) is 0 Å². The van der Waals surface area contributed by atoms with Gasteiger partial charge in [-0.2, -0.15) is 0 Å². The summed E-state index contributed by atoms with van der Waals surface area (Å²) in [5.41, 5.74) is 2.95. The van der Waals surface area contributed by atoms with Gasteiger partial charge >= 0.3 is 0 Å². The van der Waals surface area contributed by atoms with Crippen molar-refractivity contribution < 1.29 is 0 Å².